The third-order valence-corrected chi connectivity index (χ3v) is 5.46. The van der Waals surface area contributed by atoms with Gasteiger partial charge in [0.25, 0.3) is 0 Å². The van der Waals surface area contributed by atoms with Crippen molar-refractivity contribution in [1.29, 1.82) is 0 Å². The maximum absolute atomic E-state index is 5.92. The van der Waals surface area contributed by atoms with Crippen LogP contribution in [0.25, 0.3) is 22.0 Å². The topological polar surface area (TPSA) is 63.8 Å². The van der Waals surface area contributed by atoms with Crippen molar-refractivity contribution >= 4 is 56.0 Å². The Hall–Kier alpha value is -2.57. The van der Waals surface area contributed by atoms with Gasteiger partial charge in [-0.05, 0) is 59.8 Å². The number of hydrogen-bond acceptors (Lipinski definition) is 5. The molecule has 4 nitrogen and oxygen atoms in total. The molecule has 3 aromatic carbocycles. The normalized spacial score (nSPS) is 10.9. The number of nitrogens with two attached hydrogens (primary N) is 1. The van der Waals surface area contributed by atoms with Crippen LogP contribution in [-0.4, -0.2) is 16.2 Å². The van der Waals surface area contributed by atoms with E-state index in [0.717, 1.165) is 32.2 Å². The number of halogens is 1. The molecule has 1 aromatic heterocycles. The van der Waals surface area contributed by atoms with Gasteiger partial charge in [-0.25, -0.2) is 4.98 Å². The average molecular weight is 437 g/mol. The molecule has 1 heterocycles. The highest BCUT2D eigenvalue weighted by atomic mass is 79.9. The van der Waals surface area contributed by atoms with E-state index < -0.39 is 0 Å². The van der Waals surface area contributed by atoms with Crippen LogP contribution in [0, 0.1) is 0 Å². The number of benzene rings is 3. The van der Waals surface area contributed by atoms with E-state index in [0.29, 0.717) is 5.82 Å². The number of nitrogen functional groups attached to an aromatic ring is 1. The molecule has 0 spiro atoms. The number of nitrogens with one attached hydrogen (secondary N) is 1. The zero-order chi connectivity index (χ0) is 18.8. The quantitative estimate of drug-likeness (QED) is 0.378. The standard InChI is InChI=1S/C21H17BrN4S/c1-27-17-8-5-13(6-9-17)14-7-10-19-18(11-14)20(26-21(23)25-19)24-16-4-2-3-15(22)12-16/h2-12H,1H3,(H3,23,24,25,26). The number of rotatable bonds is 4. The number of nitrogens with zero attached hydrogens (tertiary/aromatic N) is 2. The predicted molar refractivity (Wildman–Crippen MR) is 119 cm³/mol. The second-order valence-corrected chi connectivity index (χ2v) is 7.82. The Bertz CT molecular complexity index is 1110. The molecule has 0 radical (unpaired) electrons. The van der Waals surface area contributed by atoms with Crippen molar-refractivity contribution < 1.29 is 0 Å². The smallest absolute Gasteiger partial charge is 0.222 e. The molecule has 0 saturated heterocycles. The number of fused-ring (bicyclic) bond motifs is 1. The minimum absolute atomic E-state index is 0.247. The molecule has 0 aliphatic carbocycles. The third-order valence-electron chi connectivity index (χ3n) is 4.22. The maximum atomic E-state index is 5.92. The van der Waals surface area contributed by atoms with Crippen LogP contribution in [0.2, 0.25) is 0 Å². The van der Waals surface area contributed by atoms with E-state index >= 15 is 0 Å². The lowest BCUT2D eigenvalue weighted by atomic mass is 10.0. The first-order chi connectivity index (χ1) is 13.1. The van der Waals surface area contributed by atoms with Gasteiger partial charge in [0, 0.05) is 20.4 Å². The fourth-order valence-electron chi connectivity index (χ4n) is 2.91. The lowest BCUT2D eigenvalue weighted by molar-refractivity contribution is 1.23. The monoisotopic (exact) mass is 436 g/mol. The molecular formula is C21H17BrN4S. The second kappa shape index (κ2) is 7.58. The minimum Gasteiger partial charge on any atom is -0.368 e. The Balaban J connectivity index is 1.80. The summed E-state index contributed by atoms with van der Waals surface area (Å²) in [5.74, 6) is 0.940. The van der Waals surface area contributed by atoms with Gasteiger partial charge < -0.3 is 11.1 Å². The van der Waals surface area contributed by atoms with Crippen molar-refractivity contribution in [3.8, 4) is 11.1 Å². The molecule has 0 atom stereocenters. The van der Waals surface area contributed by atoms with E-state index in [1.165, 1.54) is 4.90 Å². The van der Waals surface area contributed by atoms with E-state index in [-0.39, 0.29) is 5.95 Å². The first-order valence-corrected chi connectivity index (χ1v) is 10.4. The van der Waals surface area contributed by atoms with Crippen LogP contribution in [0.3, 0.4) is 0 Å². The summed E-state index contributed by atoms with van der Waals surface area (Å²) in [6.07, 6.45) is 2.08. The maximum Gasteiger partial charge on any atom is 0.222 e. The molecule has 0 saturated carbocycles. The fraction of sp³-hybridized carbons (Fsp3) is 0.0476. The van der Waals surface area contributed by atoms with Gasteiger partial charge in [0.05, 0.1) is 5.52 Å². The Morgan fingerprint density at radius 1 is 0.926 bits per heavy atom. The Labute approximate surface area is 170 Å². The van der Waals surface area contributed by atoms with E-state index in [2.05, 4.69) is 73.9 Å². The van der Waals surface area contributed by atoms with Gasteiger partial charge in [0.15, 0.2) is 0 Å². The predicted octanol–water partition coefficient (Wildman–Crippen LogP) is 6.11. The summed E-state index contributed by atoms with van der Waals surface area (Å²) in [6, 6.07) is 22.6. The second-order valence-electron chi connectivity index (χ2n) is 6.03. The molecule has 0 amide bonds. The van der Waals surface area contributed by atoms with Crippen molar-refractivity contribution in [3.63, 3.8) is 0 Å². The number of hydrogen-bond donors (Lipinski definition) is 2. The van der Waals surface area contributed by atoms with Crippen LogP contribution < -0.4 is 11.1 Å². The summed E-state index contributed by atoms with van der Waals surface area (Å²) in [4.78, 5) is 10.0. The third kappa shape index (κ3) is 3.91. The van der Waals surface area contributed by atoms with Crippen LogP contribution in [0.1, 0.15) is 0 Å². The Morgan fingerprint density at radius 3 is 2.44 bits per heavy atom. The van der Waals surface area contributed by atoms with Crippen LogP contribution in [0.5, 0.6) is 0 Å². The molecule has 4 rings (SSSR count). The first kappa shape index (κ1) is 17.8. The summed E-state index contributed by atoms with van der Waals surface area (Å²) in [7, 11) is 0. The van der Waals surface area contributed by atoms with E-state index in [9.17, 15) is 0 Å². The highest BCUT2D eigenvalue weighted by Gasteiger charge is 2.09. The number of thioether (sulfide) groups is 1. The molecule has 0 fully saturated rings. The summed E-state index contributed by atoms with van der Waals surface area (Å²) in [6.45, 7) is 0. The van der Waals surface area contributed by atoms with Gasteiger partial charge in [-0.2, -0.15) is 4.98 Å². The van der Waals surface area contributed by atoms with Gasteiger partial charge in [-0.1, -0.05) is 40.2 Å². The Kier molecular flexibility index (Phi) is 5.01. The highest BCUT2D eigenvalue weighted by molar-refractivity contribution is 9.10. The molecule has 6 heteroatoms. The average Bonchev–Trinajstić information content (AvgIpc) is 2.68. The summed E-state index contributed by atoms with van der Waals surface area (Å²) < 4.78 is 0.994. The molecule has 0 aliphatic rings. The van der Waals surface area contributed by atoms with Crippen LogP contribution in [0.4, 0.5) is 17.5 Å². The van der Waals surface area contributed by atoms with Gasteiger partial charge in [-0.3, -0.25) is 0 Å². The van der Waals surface area contributed by atoms with E-state index in [4.69, 9.17) is 5.73 Å². The van der Waals surface area contributed by atoms with Gasteiger partial charge >= 0.3 is 0 Å². The molecule has 4 aromatic rings. The fourth-order valence-corrected chi connectivity index (χ4v) is 3.72. The molecule has 0 bridgehead atoms. The SMILES string of the molecule is CSc1ccc(-c2ccc3nc(N)nc(Nc4cccc(Br)c4)c3c2)cc1. The van der Waals surface area contributed by atoms with Crippen molar-refractivity contribution in [2.75, 3.05) is 17.3 Å². The molecule has 0 aliphatic heterocycles. The van der Waals surface area contributed by atoms with Crippen LogP contribution in [-0.2, 0) is 0 Å². The van der Waals surface area contributed by atoms with Gasteiger partial charge in [0.1, 0.15) is 5.82 Å². The molecule has 3 N–H and O–H groups in total. The minimum atomic E-state index is 0.247. The highest BCUT2D eigenvalue weighted by Crippen LogP contribution is 2.31. The number of anilines is 3. The van der Waals surface area contributed by atoms with Crippen molar-refractivity contribution in [1.82, 2.24) is 9.97 Å². The van der Waals surface area contributed by atoms with Crippen molar-refractivity contribution in [3.05, 3.63) is 71.2 Å². The largest absolute Gasteiger partial charge is 0.368 e. The molecule has 134 valence electrons. The zero-order valence-electron chi connectivity index (χ0n) is 14.6. The van der Waals surface area contributed by atoms with Gasteiger partial charge in [-0.15, -0.1) is 11.8 Å². The van der Waals surface area contributed by atoms with Crippen LogP contribution >= 0.6 is 27.7 Å². The van der Waals surface area contributed by atoms with Crippen molar-refractivity contribution in [2.24, 2.45) is 0 Å². The summed E-state index contributed by atoms with van der Waals surface area (Å²) in [5.41, 5.74) is 9.92. The lowest BCUT2D eigenvalue weighted by Crippen LogP contribution is -2.01. The van der Waals surface area contributed by atoms with Crippen LogP contribution in [0.15, 0.2) is 76.1 Å². The van der Waals surface area contributed by atoms with Crippen molar-refractivity contribution in [2.45, 2.75) is 4.90 Å². The zero-order valence-corrected chi connectivity index (χ0v) is 17.0. The molecule has 0 unspecified atom stereocenters. The van der Waals surface area contributed by atoms with E-state index in [1.54, 1.807) is 11.8 Å². The number of aromatic nitrogens is 2. The lowest BCUT2D eigenvalue weighted by Gasteiger charge is -2.11. The molecule has 27 heavy (non-hydrogen) atoms. The van der Waals surface area contributed by atoms with E-state index in [1.807, 2.05) is 30.3 Å². The molecular weight excluding hydrogens is 420 g/mol. The Morgan fingerprint density at radius 2 is 1.70 bits per heavy atom. The summed E-state index contributed by atoms with van der Waals surface area (Å²) in [5, 5.41) is 4.29. The summed E-state index contributed by atoms with van der Waals surface area (Å²) >= 11 is 5.23. The van der Waals surface area contributed by atoms with Gasteiger partial charge in [0.2, 0.25) is 5.95 Å². The first-order valence-electron chi connectivity index (χ1n) is 8.37.